The molecule has 6 nitrogen and oxygen atoms in total. The number of phenolic OH excluding ortho intramolecular Hbond substituents is 1. The lowest BCUT2D eigenvalue weighted by molar-refractivity contribution is -0.123. The summed E-state index contributed by atoms with van der Waals surface area (Å²) in [5, 5.41) is 16.8. The number of carbonyl (C=O) groups excluding carboxylic acids is 2. The quantitative estimate of drug-likeness (QED) is 0.504. The minimum atomic E-state index is -0.812. The summed E-state index contributed by atoms with van der Waals surface area (Å²) >= 11 is 11.8. The van der Waals surface area contributed by atoms with Crippen molar-refractivity contribution < 1.29 is 14.7 Å². The summed E-state index contributed by atoms with van der Waals surface area (Å²) in [7, 11) is 0. The first kappa shape index (κ1) is 20.7. The number of nitrogens with zero attached hydrogens (tertiary/aromatic N) is 1. The van der Waals surface area contributed by atoms with E-state index in [9.17, 15) is 14.7 Å². The summed E-state index contributed by atoms with van der Waals surface area (Å²) in [4.78, 5) is 24.8. The lowest BCUT2D eigenvalue weighted by Gasteiger charge is -2.20. The number of hydrazone groups is 1. The van der Waals surface area contributed by atoms with Gasteiger partial charge in [0, 0.05) is 11.1 Å². The summed E-state index contributed by atoms with van der Waals surface area (Å²) in [6.45, 7) is 3.60. The number of rotatable bonds is 6. The summed E-state index contributed by atoms with van der Waals surface area (Å²) in [6, 6.07) is 10.2. The lowest BCUT2D eigenvalue weighted by atomic mass is 10.0. The predicted molar refractivity (Wildman–Crippen MR) is 106 cm³/mol. The molecule has 0 aliphatic carbocycles. The van der Waals surface area contributed by atoms with Crippen LogP contribution in [0, 0.1) is 5.92 Å². The van der Waals surface area contributed by atoms with E-state index in [1.807, 2.05) is 0 Å². The molecule has 0 aliphatic rings. The second-order valence-corrected chi connectivity index (χ2v) is 6.93. The van der Waals surface area contributed by atoms with Crippen LogP contribution in [0.1, 0.15) is 29.8 Å². The number of benzene rings is 2. The zero-order chi connectivity index (χ0) is 20.0. The van der Waals surface area contributed by atoms with Crippen LogP contribution in [-0.4, -0.2) is 29.2 Å². The molecule has 8 heteroatoms. The predicted octanol–water partition coefficient (Wildman–Crippen LogP) is 3.60. The van der Waals surface area contributed by atoms with E-state index in [2.05, 4.69) is 15.8 Å². The molecule has 0 fully saturated rings. The molecule has 0 aliphatic heterocycles. The Bertz CT molecular complexity index is 869. The van der Waals surface area contributed by atoms with Crippen molar-refractivity contribution in [1.82, 2.24) is 10.7 Å². The monoisotopic (exact) mass is 407 g/mol. The van der Waals surface area contributed by atoms with Gasteiger partial charge in [0.1, 0.15) is 11.8 Å². The van der Waals surface area contributed by atoms with Crippen molar-refractivity contribution in [2.24, 2.45) is 11.0 Å². The van der Waals surface area contributed by atoms with Crippen LogP contribution >= 0.6 is 23.2 Å². The van der Waals surface area contributed by atoms with Gasteiger partial charge in [-0.25, -0.2) is 5.43 Å². The maximum atomic E-state index is 12.4. The van der Waals surface area contributed by atoms with Gasteiger partial charge < -0.3 is 10.4 Å². The van der Waals surface area contributed by atoms with Gasteiger partial charge in [0.25, 0.3) is 11.8 Å². The average Bonchev–Trinajstić information content (AvgIpc) is 2.63. The molecular weight excluding hydrogens is 389 g/mol. The van der Waals surface area contributed by atoms with Crippen molar-refractivity contribution in [2.75, 3.05) is 0 Å². The minimum Gasteiger partial charge on any atom is -0.507 e. The molecule has 27 heavy (non-hydrogen) atoms. The Morgan fingerprint density at radius 3 is 2.44 bits per heavy atom. The van der Waals surface area contributed by atoms with Crippen molar-refractivity contribution in [1.29, 1.82) is 0 Å². The van der Waals surface area contributed by atoms with Crippen LogP contribution in [0.5, 0.6) is 5.75 Å². The maximum absolute atomic E-state index is 12.4. The number of amides is 2. The molecule has 0 spiro atoms. The summed E-state index contributed by atoms with van der Waals surface area (Å²) < 4.78 is 0. The highest BCUT2D eigenvalue weighted by molar-refractivity contribution is 6.42. The van der Waals surface area contributed by atoms with Gasteiger partial charge in [-0.15, -0.1) is 0 Å². The molecule has 0 saturated carbocycles. The summed E-state index contributed by atoms with van der Waals surface area (Å²) in [5.41, 5.74) is 3.12. The van der Waals surface area contributed by atoms with Gasteiger partial charge >= 0.3 is 0 Å². The minimum absolute atomic E-state index is 0.0452. The largest absolute Gasteiger partial charge is 0.507 e. The molecule has 2 amide bonds. The molecule has 0 heterocycles. The van der Waals surface area contributed by atoms with E-state index in [0.717, 1.165) is 0 Å². The third-order valence-corrected chi connectivity index (χ3v) is 4.47. The van der Waals surface area contributed by atoms with E-state index in [-0.39, 0.29) is 16.7 Å². The van der Waals surface area contributed by atoms with E-state index in [4.69, 9.17) is 23.2 Å². The fourth-order valence-corrected chi connectivity index (χ4v) is 2.53. The highest BCUT2D eigenvalue weighted by atomic mass is 35.5. The van der Waals surface area contributed by atoms with Gasteiger partial charge in [-0.2, -0.15) is 5.10 Å². The van der Waals surface area contributed by atoms with Crippen molar-refractivity contribution in [3.05, 3.63) is 63.6 Å². The Hall–Kier alpha value is -2.57. The molecule has 0 aromatic heterocycles. The van der Waals surface area contributed by atoms with Crippen molar-refractivity contribution >= 4 is 41.2 Å². The number of hydrogen-bond donors (Lipinski definition) is 3. The number of nitrogens with one attached hydrogen (secondary N) is 2. The maximum Gasteiger partial charge on any atom is 0.262 e. The molecule has 2 rings (SSSR count). The third-order valence-electron chi connectivity index (χ3n) is 3.73. The Morgan fingerprint density at radius 2 is 1.81 bits per heavy atom. The van der Waals surface area contributed by atoms with Gasteiger partial charge in [0.15, 0.2) is 0 Å². The summed E-state index contributed by atoms with van der Waals surface area (Å²) in [6.07, 6.45) is 1.32. The lowest BCUT2D eigenvalue weighted by Crippen LogP contribution is -2.48. The summed E-state index contributed by atoms with van der Waals surface area (Å²) in [5.74, 6) is -1.07. The topological polar surface area (TPSA) is 90.8 Å². The van der Waals surface area contributed by atoms with Crippen molar-refractivity contribution in [2.45, 2.75) is 19.9 Å². The Balaban J connectivity index is 2.05. The molecule has 0 saturated heterocycles. The van der Waals surface area contributed by atoms with Gasteiger partial charge in [-0.05, 0) is 36.2 Å². The van der Waals surface area contributed by atoms with Crippen LogP contribution in [0.4, 0.5) is 0 Å². The second-order valence-electron chi connectivity index (χ2n) is 6.12. The van der Waals surface area contributed by atoms with Gasteiger partial charge in [0.2, 0.25) is 0 Å². The molecule has 1 atom stereocenters. The first-order valence-corrected chi connectivity index (χ1v) is 8.92. The highest BCUT2D eigenvalue weighted by Crippen LogP contribution is 2.22. The Morgan fingerprint density at radius 1 is 1.11 bits per heavy atom. The molecule has 2 aromatic carbocycles. The first-order valence-electron chi connectivity index (χ1n) is 8.16. The van der Waals surface area contributed by atoms with Crippen LogP contribution in [0.2, 0.25) is 10.0 Å². The number of aromatic hydroxyl groups is 1. The van der Waals surface area contributed by atoms with E-state index >= 15 is 0 Å². The molecule has 0 radical (unpaired) electrons. The van der Waals surface area contributed by atoms with Gasteiger partial charge in [0.05, 0.1) is 16.3 Å². The fourth-order valence-electron chi connectivity index (χ4n) is 2.23. The number of hydrogen-bond acceptors (Lipinski definition) is 4. The second kappa shape index (κ2) is 9.39. The Kier molecular flexibility index (Phi) is 7.21. The molecule has 2 aromatic rings. The normalized spacial score (nSPS) is 12.2. The van der Waals surface area contributed by atoms with E-state index in [1.54, 1.807) is 32.0 Å². The van der Waals surface area contributed by atoms with E-state index < -0.39 is 17.9 Å². The standard InChI is InChI=1S/C19H19Cl2N3O3/c1-11(2)17(23-18(26)12-7-8-14(20)15(21)9-12)19(27)24-22-10-13-5-3-4-6-16(13)25/h3-11,17,25H,1-2H3,(H,23,26)(H,24,27). The fraction of sp³-hybridized carbons (Fsp3) is 0.211. The van der Waals surface area contributed by atoms with Crippen LogP contribution in [-0.2, 0) is 4.79 Å². The molecule has 1 unspecified atom stereocenters. The Labute approximate surface area is 167 Å². The first-order chi connectivity index (χ1) is 12.8. The van der Waals surface area contributed by atoms with Gasteiger partial charge in [-0.3, -0.25) is 9.59 Å². The van der Waals surface area contributed by atoms with Crippen molar-refractivity contribution in [3.63, 3.8) is 0 Å². The third kappa shape index (κ3) is 5.70. The number of phenols is 1. The number of halogens is 2. The zero-order valence-electron chi connectivity index (χ0n) is 14.7. The molecule has 142 valence electrons. The average molecular weight is 408 g/mol. The molecular formula is C19H19Cl2N3O3. The smallest absolute Gasteiger partial charge is 0.262 e. The van der Waals surface area contributed by atoms with Crippen LogP contribution in [0.25, 0.3) is 0 Å². The molecule has 0 bridgehead atoms. The van der Waals surface area contributed by atoms with Crippen LogP contribution < -0.4 is 10.7 Å². The van der Waals surface area contributed by atoms with E-state index in [1.165, 1.54) is 30.5 Å². The van der Waals surface area contributed by atoms with Gasteiger partial charge in [-0.1, -0.05) is 49.2 Å². The number of para-hydroxylation sites is 1. The SMILES string of the molecule is CC(C)C(NC(=O)c1ccc(Cl)c(Cl)c1)C(=O)NN=Cc1ccccc1O. The highest BCUT2D eigenvalue weighted by Gasteiger charge is 2.24. The molecule has 3 N–H and O–H groups in total. The zero-order valence-corrected chi connectivity index (χ0v) is 16.3. The van der Waals surface area contributed by atoms with E-state index in [0.29, 0.717) is 16.1 Å². The van der Waals surface area contributed by atoms with Crippen LogP contribution in [0.15, 0.2) is 47.6 Å². The number of carbonyl (C=O) groups is 2. The van der Waals surface area contributed by atoms with Crippen molar-refractivity contribution in [3.8, 4) is 5.75 Å². The van der Waals surface area contributed by atoms with Crippen LogP contribution in [0.3, 0.4) is 0 Å².